The lowest BCUT2D eigenvalue weighted by atomic mass is 10.0. The third-order valence-electron chi connectivity index (χ3n) is 5.37. The Morgan fingerprint density at radius 3 is 2.62 bits per heavy atom. The molecule has 1 fully saturated rings. The molecule has 1 unspecified atom stereocenters. The second-order valence-corrected chi connectivity index (χ2v) is 6.96. The zero-order chi connectivity index (χ0) is 18.1. The molecule has 1 aromatic heterocycles. The molecule has 4 atom stereocenters. The van der Waals surface area contributed by atoms with Crippen molar-refractivity contribution in [3.63, 3.8) is 0 Å². The van der Waals surface area contributed by atoms with Crippen LogP contribution in [0, 0.1) is 0 Å². The molecule has 136 valence electrons. The molecule has 1 aromatic carbocycles. The van der Waals surface area contributed by atoms with Gasteiger partial charge in [0, 0.05) is 13.5 Å². The summed E-state index contributed by atoms with van der Waals surface area (Å²) in [6.07, 6.45) is 7.08. The summed E-state index contributed by atoms with van der Waals surface area (Å²) in [5.74, 6) is 0.957. The maximum absolute atomic E-state index is 12.9. The van der Waals surface area contributed by atoms with Crippen LogP contribution in [-0.4, -0.2) is 41.3 Å². The van der Waals surface area contributed by atoms with Crippen molar-refractivity contribution in [1.29, 1.82) is 0 Å². The minimum absolute atomic E-state index is 0.00413. The summed E-state index contributed by atoms with van der Waals surface area (Å²) in [6, 6.07) is 14.1. The van der Waals surface area contributed by atoms with E-state index < -0.39 is 0 Å². The first kappa shape index (κ1) is 16.9. The quantitative estimate of drug-likeness (QED) is 0.765. The second kappa shape index (κ2) is 7.00. The number of rotatable bonds is 5. The van der Waals surface area contributed by atoms with Crippen LogP contribution in [0.4, 0.5) is 4.79 Å². The van der Waals surface area contributed by atoms with Crippen molar-refractivity contribution in [2.24, 2.45) is 0 Å². The molecule has 2 amide bonds. The lowest BCUT2D eigenvalue weighted by Gasteiger charge is -2.30. The summed E-state index contributed by atoms with van der Waals surface area (Å²) in [5.41, 5.74) is 1.13. The Bertz CT molecular complexity index is 772. The van der Waals surface area contributed by atoms with Crippen LogP contribution in [-0.2, 0) is 11.2 Å². The first-order chi connectivity index (χ1) is 12.6. The number of benzene rings is 1. The van der Waals surface area contributed by atoms with Crippen LogP contribution in [0.25, 0.3) is 0 Å². The molecule has 0 radical (unpaired) electrons. The molecule has 0 aliphatic carbocycles. The predicted octanol–water partition coefficient (Wildman–Crippen LogP) is 3.99. The van der Waals surface area contributed by atoms with Crippen molar-refractivity contribution in [1.82, 2.24) is 9.80 Å². The van der Waals surface area contributed by atoms with Crippen LogP contribution in [0.15, 0.2) is 65.3 Å². The maximum Gasteiger partial charge on any atom is 0.322 e. The maximum atomic E-state index is 12.9. The highest BCUT2D eigenvalue weighted by Gasteiger charge is 2.46. The molecule has 2 aliphatic rings. The normalized spacial score (nSPS) is 28.3. The van der Waals surface area contributed by atoms with Gasteiger partial charge in [-0.3, -0.25) is 4.90 Å². The van der Waals surface area contributed by atoms with E-state index in [-0.39, 0.29) is 30.4 Å². The van der Waals surface area contributed by atoms with Crippen LogP contribution >= 0.6 is 0 Å². The summed E-state index contributed by atoms with van der Waals surface area (Å²) < 4.78 is 11.6. The Kier molecular flexibility index (Phi) is 4.55. The van der Waals surface area contributed by atoms with Crippen molar-refractivity contribution < 1.29 is 13.9 Å². The van der Waals surface area contributed by atoms with E-state index in [1.165, 1.54) is 0 Å². The van der Waals surface area contributed by atoms with Gasteiger partial charge in [-0.15, -0.1) is 0 Å². The van der Waals surface area contributed by atoms with Crippen LogP contribution in [0.3, 0.4) is 0 Å². The molecule has 5 heteroatoms. The van der Waals surface area contributed by atoms with Crippen molar-refractivity contribution in [3.05, 3.63) is 72.2 Å². The van der Waals surface area contributed by atoms with E-state index in [0.29, 0.717) is 0 Å². The number of aryl methyl sites for hydroxylation is 1. The zero-order valence-electron chi connectivity index (χ0n) is 15.1. The predicted molar refractivity (Wildman–Crippen MR) is 98.5 cm³/mol. The second-order valence-electron chi connectivity index (χ2n) is 6.96. The van der Waals surface area contributed by atoms with E-state index in [1.807, 2.05) is 48.4 Å². The molecule has 26 heavy (non-hydrogen) atoms. The Labute approximate surface area is 153 Å². The molecule has 0 saturated carbocycles. The average molecular weight is 352 g/mol. The number of urea groups is 1. The van der Waals surface area contributed by atoms with Crippen molar-refractivity contribution in [3.8, 4) is 0 Å². The van der Waals surface area contributed by atoms with E-state index in [1.54, 1.807) is 11.2 Å². The zero-order valence-corrected chi connectivity index (χ0v) is 15.1. The lowest BCUT2D eigenvalue weighted by molar-refractivity contribution is -0.0305. The fourth-order valence-corrected chi connectivity index (χ4v) is 3.83. The SMILES string of the molecule is C[C@H]1[C@@H](c2ccccc2)N(C2C=C[C@H](CCc3ccco3)O2)C(=O)N1C. The highest BCUT2D eigenvalue weighted by Crippen LogP contribution is 2.38. The standard InChI is InChI=1S/C21H24N2O3/c1-15-20(16-7-4-3-5-8-16)23(21(24)22(15)2)19-13-12-18(26-19)11-10-17-9-6-14-25-17/h3-9,12-15,18-20H,10-11H2,1-2H3/t15-,18-,19?,20-/m0/s1. The van der Waals surface area contributed by atoms with Crippen molar-refractivity contribution in [2.45, 2.75) is 44.2 Å². The summed E-state index contributed by atoms with van der Waals surface area (Å²) in [6.45, 7) is 2.09. The number of hydrogen-bond donors (Lipinski definition) is 0. The van der Waals surface area contributed by atoms with Gasteiger partial charge in [-0.25, -0.2) is 4.79 Å². The van der Waals surface area contributed by atoms with Gasteiger partial charge in [-0.2, -0.15) is 0 Å². The van der Waals surface area contributed by atoms with Crippen molar-refractivity contribution >= 4 is 6.03 Å². The summed E-state index contributed by atoms with van der Waals surface area (Å²) >= 11 is 0. The number of ether oxygens (including phenoxy) is 1. The molecule has 0 N–H and O–H groups in total. The highest BCUT2D eigenvalue weighted by molar-refractivity contribution is 5.78. The molecular weight excluding hydrogens is 328 g/mol. The fourth-order valence-electron chi connectivity index (χ4n) is 3.83. The van der Waals surface area contributed by atoms with Gasteiger partial charge in [0.25, 0.3) is 0 Å². The minimum atomic E-state index is -0.332. The van der Waals surface area contributed by atoms with Gasteiger partial charge in [0.2, 0.25) is 0 Å². The molecule has 0 bridgehead atoms. The molecular formula is C21H24N2O3. The molecule has 0 spiro atoms. The van der Waals surface area contributed by atoms with E-state index in [0.717, 1.165) is 24.2 Å². The Balaban J connectivity index is 1.48. The van der Waals surface area contributed by atoms with Crippen LogP contribution in [0.2, 0.25) is 0 Å². The largest absolute Gasteiger partial charge is 0.469 e. The smallest absolute Gasteiger partial charge is 0.322 e. The molecule has 4 rings (SSSR count). The van der Waals surface area contributed by atoms with Gasteiger partial charge in [0.1, 0.15) is 5.76 Å². The fraction of sp³-hybridized carbons (Fsp3) is 0.381. The molecule has 3 heterocycles. The highest BCUT2D eigenvalue weighted by atomic mass is 16.5. The third-order valence-corrected chi connectivity index (χ3v) is 5.37. The number of nitrogens with zero attached hydrogens (tertiary/aromatic N) is 2. The van der Waals surface area contributed by atoms with Crippen LogP contribution in [0.1, 0.15) is 30.7 Å². The Morgan fingerprint density at radius 1 is 1.08 bits per heavy atom. The van der Waals surface area contributed by atoms with Gasteiger partial charge in [0.15, 0.2) is 6.23 Å². The van der Waals surface area contributed by atoms with Gasteiger partial charge in [0.05, 0.1) is 24.5 Å². The molecule has 2 aromatic rings. The summed E-state index contributed by atoms with van der Waals surface area (Å²) in [5, 5.41) is 0. The Morgan fingerprint density at radius 2 is 1.88 bits per heavy atom. The van der Waals surface area contributed by atoms with Crippen LogP contribution < -0.4 is 0 Å². The van der Waals surface area contributed by atoms with Gasteiger partial charge in [-0.1, -0.05) is 36.4 Å². The van der Waals surface area contributed by atoms with Crippen LogP contribution in [0.5, 0.6) is 0 Å². The van der Waals surface area contributed by atoms with E-state index in [9.17, 15) is 4.79 Å². The van der Waals surface area contributed by atoms with Crippen molar-refractivity contribution in [2.75, 3.05) is 7.05 Å². The molecule has 5 nitrogen and oxygen atoms in total. The third kappa shape index (κ3) is 3.03. The first-order valence-electron chi connectivity index (χ1n) is 9.11. The minimum Gasteiger partial charge on any atom is -0.469 e. The lowest BCUT2D eigenvalue weighted by Crippen LogP contribution is -2.39. The number of carbonyl (C=O) groups excluding carboxylic acids is 1. The van der Waals surface area contributed by atoms with Gasteiger partial charge < -0.3 is 14.1 Å². The number of likely N-dealkylation sites (N-methyl/N-ethyl adjacent to an activating group) is 1. The number of furan rings is 1. The molecule has 2 aliphatic heterocycles. The van der Waals surface area contributed by atoms with Gasteiger partial charge >= 0.3 is 6.03 Å². The van der Waals surface area contributed by atoms with E-state index in [4.69, 9.17) is 9.15 Å². The topological polar surface area (TPSA) is 45.9 Å². The number of amides is 2. The van der Waals surface area contributed by atoms with Gasteiger partial charge in [-0.05, 0) is 37.1 Å². The van der Waals surface area contributed by atoms with E-state index >= 15 is 0 Å². The monoisotopic (exact) mass is 352 g/mol. The average Bonchev–Trinajstić information content (AvgIpc) is 3.38. The summed E-state index contributed by atoms with van der Waals surface area (Å²) in [4.78, 5) is 16.5. The summed E-state index contributed by atoms with van der Waals surface area (Å²) in [7, 11) is 1.86. The molecule has 1 saturated heterocycles. The number of hydrogen-bond acceptors (Lipinski definition) is 3. The van der Waals surface area contributed by atoms with E-state index in [2.05, 4.69) is 25.1 Å². The Hall–Kier alpha value is -2.53. The first-order valence-corrected chi connectivity index (χ1v) is 9.11. The number of carbonyl (C=O) groups is 1.